The Labute approximate surface area is 99.5 Å². The summed E-state index contributed by atoms with van der Waals surface area (Å²) in [5, 5.41) is 40.8. The third-order valence-electron chi connectivity index (χ3n) is 1.41. The van der Waals surface area contributed by atoms with Crippen LogP contribution in [0, 0.1) is 0 Å². The smallest absolute Gasteiger partial charge is 0.414 e. The average molecular weight is 262 g/mol. The number of aromatic carboxylic acids is 1. The van der Waals surface area contributed by atoms with E-state index in [2.05, 4.69) is 0 Å². The summed E-state index contributed by atoms with van der Waals surface area (Å²) in [6, 6.07) is 3.31. The first-order valence-corrected chi connectivity index (χ1v) is 3.97. The summed E-state index contributed by atoms with van der Waals surface area (Å²) in [5.41, 5.74) is -0.0553. The molecular formula is C9H10O9. The number of benzene rings is 1. The van der Waals surface area contributed by atoms with E-state index in [9.17, 15) is 4.79 Å². The van der Waals surface area contributed by atoms with Gasteiger partial charge in [0.15, 0.2) is 11.5 Å². The number of phenols is 2. The van der Waals surface area contributed by atoms with E-state index < -0.39 is 23.7 Å². The Bertz CT molecular complexity index is 439. The fourth-order valence-corrected chi connectivity index (χ4v) is 0.656. The monoisotopic (exact) mass is 262 g/mol. The molecule has 0 aliphatic heterocycles. The molecule has 0 heterocycles. The largest absolute Gasteiger partial charge is 0.504 e. The summed E-state index contributed by atoms with van der Waals surface area (Å²) in [7, 11) is 0. The van der Waals surface area contributed by atoms with Crippen LogP contribution in [-0.2, 0) is 9.59 Å². The van der Waals surface area contributed by atoms with Crippen molar-refractivity contribution in [2.45, 2.75) is 0 Å². The van der Waals surface area contributed by atoms with Crippen molar-refractivity contribution in [3.05, 3.63) is 23.8 Å². The topological polar surface area (TPSA) is 184 Å². The number of hydrogen-bond acceptors (Lipinski definition) is 5. The van der Waals surface area contributed by atoms with Gasteiger partial charge in [-0.3, -0.25) is 0 Å². The molecule has 0 amide bonds. The second-order valence-corrected chi connectivity index (χ2v) is 2.62. The van der Waals surface area contributed by atoms with Crippen molar-refractivity contribution in [1.82, 2.24) is 0 Å². The third kappa shape index (κ3) is 5.92. The van der Waals surface area contributed by atoms with Crippen LogP contribution in [0.4, 0.5) is 0 Å². The number of rotatable bonds is 1. The van der Waals surface area contributed by atoms with Crippen molar-refractivity contribution in [3.63, 3.8) is 0 Å². The molecule has 0 aromatic heterocycles. The van der Waals surface area contributed by atoms with Gasteiger partial charge in [-0.25, -0.2) is 14.4 Å². The first-order valence-electron chi connectivity index (χ1n) is 3.97. The predicted molar refractivity (Wildman–Crippen MR) is 55.6 cm³/mol. The van der Waals surface area contributed by atoms with Gasteiger partial charge in [0.05, 0.1) is 5.56 Å². The first-order chi connectivity index (χ1) is 7.75. The molecule has 1 aromatic rings. The molecule has 18 heavy (non-hydrogen) atoms. The maximum Gasteiger partial charge on any atom is 0.414 e. The van der Waals surface area contributed by atoms with E-state index in [4.69, 9.17) is 35.1 Å². The molecule has 1 aromatic carbocycles. The second kappa shape index (κ2) is 7.46. The number of carboxylic acids is 3. The quantitative estimate of drug-likeness (QED) is 0.319. The van der Waals surface area contributed by atoms with Crippen LogP contribution in [-0.4, -0.2) is 48.9 Å². The van der Waals surface area contributed by atoms with Gasteiger partial charge >= 0.3 is 17.9 Å². The molecule has 0 unspecified atom stereocenters. The third-order valence-corrected chi connectivity index (χ3v) is 1.41. The van der Waals surface area contributed by atoms with Crippen molar-refractivity contribution in [3.8, 4) is 11.5 Å². The van der Waals surface area contributed by atoms with Crippen LogP contribution < -0.4 is 0 Å². The van der Waals surface area contributed by atoms with Gasteiger partial charge in [-0.05, 0) is 18.2 Å². The van der Waals surface area contributed by atoms with Crippen LogP contribution in [0.5, 0.6) is 11.5 Å². The standard InChI is InChI=1S/C7H6O4.C2H2O4.H2O/c8-5-2-1-4(7(10)11)3-6(5)9;3-1(4)2(5)6;/h1-3,8-9H,(H,10,11);(H,3,4)(H,5,6);1H2. The van der Waals surface area contributed by atoms with Crippen molar-refractivity contribution in [1.29, 1.82) is 0 Å². The highest BCUT2D eigenvalue weighted by molar-refractivity contribution is 6.27. The van der Waals surface area contributed by atoms with Crippen LogP contribution in [0.25, 0.3) is 0 Å². The zero-order valence-corrected chi connectivity index (χ0v) is 8.69. The maximum absolute atomic E-state index is 10.3. The van der Waals surface area contributed by atoms with Crippen LogP contribution in [0.3, 0.4) is 0 Å². The van der Waals surface area contributed by atoms with Gasteiger partial charge in [0.1, 0.15) is 0 Å². The van der Waals surface area contributed by atoms with Gasteiger partial charge in [-0.15, -0.1) is 0 Å². The van der Waals surface area contributed by atoms with E-state index >= 15 is 0 Å². The van der Waals surface area contributed by atoms with Crippen LogP contribution in [0.1, 0.15) is 10.4 Å². The van der Waals surface area contributed by atoms with Gasteiger partial charge in [0.25, 0.3) is 0 Å². The minimum absolute atomic E-state index is 0. The number of aromatic hydroxyl groups is 2. The Morgan fingerprint density at radius 3 is 1.56 bits per heavy atom. The Balaban J connectivity index is 0. The molecule has 0 aliphatic carbocycles. The van der Waals surface area contributed by atoms with E-state index in [-0.39, 0.29) is 16.8 Å². The summed E-state index contributed by atoms with van der Waals surface area (Å²) in [6.07, 6.45) is 0. The normalized spacial score (nSPS) is 8.22. The molecule has 0 radical (unpaired) electrons. The zero-order chi connectivity index (χ0) is 13.6. The molecule has 9 heteroatoms. The number of carboxylic acid groups (broad SMARTS) is 3. The van der Waals surface area contributed by atoms with Crippen molar-refractivity contribution in [2.75, 3.05) is 0 Å². The van der Waals surface area contributed by atoms with Crippen LogP contribution in [0.15, 0.2) is 18.2 Å². The fraction of sp³-hybridized carbons (Fsp3) is 0. The summed E-state index contributed by atoms with van der Waals surface area (Å²) >= 11 is 0. The molecule has 0 atom stereocenters. The number of carbonyl (C=O) groups is 3. The molecule has 9 nitrogen and oxygen atoms in total. The Hall–Kier alpha value is -2.81. The number of aliphatic carboxylic acids is 2. The van der Waals surface area contributed by atoms with Crippen LogP contribution >= 0.6 is 0 Å². The molecule has 1 rings (SSSR count). The van der Waals surface area contributed by atoms with Crippen molar-refractivity contribution < 1.29 is 45.4 Å². The molecule has 0 spiro atoms. The van der Waals surface area contributed by atoms with E-state index in [0.29, 0.717) is 0 Å². The molecule has 0 aliphatic rings. The number of hydrogen-bond donors (Lipinski definition) is 5. The summed E-state index contributed by atoms with van der Waals surface area (Å²) in [5.74, 6) is -5.54. The highest BCUT2D eigenvalue weighted by Crippen LogP contribution is 2.24. The first kappa shape index (κ1) is 17.6. The fourth-order valence-electron chi connectivity index (χ4n) is 0.656. The predicted octanol–water partition coefficient (Wildman–Crippen LogP) is -0.873. The highest BCUT2D eigenvalue weighted by Gasteiger charge is 2.05. The molecular weight excluding hydrogens is 252 g/mol. The molecule has 0 fully saturated rings. The molecule has 0 saturated heterocycles. The lowest BCUT2D eigenvalue weighted by Gasteiger charge is -1.97. The Morgan fingerprint density at radius 2 is 1.28 bits per heavy atom. The van der Waals surface area contributed by atoms with Gasteiger partial charge in [0, 0.05) is 0 Å². The Morgan fingerprint density at radius 1 is 0.833 bits per heavy atom. The second-order valence-electron chi connectivity index (χ2n) is 2.62. The summed E-state index contributed by atoms with van der Waals surface area (Å²) in [4.78, 5) is 28.5. The maximum atomic E-state index is 10.3. The summed E-state index contributed by atoms with van der Waals surface area (Å²) < 4.78 is 0. The lowest BCUT2D eigenvalue weighted by molar-refractivity contribution is -0.159. The minimum Gasteiger partial charge on any atom is -0.504 e. The van der Waals surface area contributed by atoms with Crippen LogP contribution in [0.2, 0.25) is 0 Å². The van der Waals surface area contributed by atoms with E-state index in [0.717, 1.165) is 12.1 Å². The summed E-state index contributed by atoms with van der Waals surface area (Å²) in [6.45, 7) is 0. The van der Waals surface area contributed by atoms with Crippen molar-refractivity contribution >= 4 is 17.9 Å². The number of phenolic OH excluding ortho intramolecular Hbond substituents is 2. The highest BCUT2D eigenvalue weighted by atomic mass is 16.4. The average Bonchev–Trinajstić information content (AvgIpc) is 2.22. The van der Waals surface area contributed by atoms with Crippen molar-refractivity contribution in [2.24, 2.45) is 0 Å². The lowest BCUT2D eigenvalue weighted by Crippen LogP contribution is -2.09. The van der Waals surface area contributed by atoms with E-state index in [1.165, 1.54) is 6.07 Å². The zero-order valence-electron chi connectivity index (χ0n) is 8.69. The van der Waals surface area contributed by atoms with Gasteiger partial charge < -0.3 is 31.0 Å². The molecule has 0 saturated carbocycles. The minimum atomic E-state index is -1.82. The Kier molecular flexibility index (Phi) is 7.29. The SMILES string of the molecule is O.O=C(O)C(=O)O.O=C(O)c1ccc(O)c(O)c1. The van der Waals surface area contributed by atoms with E-state index in [1.807, 2.05) is 0 Å². The molecule has 7 N–H and O–H groups in total. The molecule has 0 bridgehead atoms. The van der Waals surface area contributed by atoms with E-state index in [1.54, 1.807) is 0 Å². The van der Waals surface area contributed by atoms with Gasteiger partial charge in [-0.2, -0.15) is 0 Å². The molecule has 100 valence electrons. The van der Waals surface area contributed by atoms with Gasteiger partial charge in [-0.1, -0.05) is 0 Å². The van der Waals surface area contributed by atoms with Gasteiger partial charge in [0.2, 0.25) is 0 Å². The lowest BCUT2D eigenvalue weighted by atomic mass is 10.2.